The normalized spacial score (nSPS) is 14.9. The Kier molecular flexibility index (Phi) is 8.04. The number of nitrogens with zero attached hydrogens (tertiary/aromatic N) is 6. The van der Waals surface area contributed by atoms with Gasteiger partial charge in [0.25, 0.3) is 0 Å². The molecule has 0 saturated heterocycles. The molecule has 0 saturated carbocycles. The lowest BCUT2D eigenvalue weighted by molar-refractivity contribution is -0.211. The van der Waals surface area contributed by atoms with Crippen LogP contribution in [0.25, 0.3) is 5.69 Å². The van der Waals surface area contributed by atoms with Gasteiger partial charge < -0.3 is 4.74 Å². The fourth-order valence-electron chi connectivity index (χ4n) is 5.10. The summed E-state index contributed by atoms with van der Waals surface area (Å²) in [5, 5.41) is 8.49. The Morgan fingerprint density at radius 1 is 0.929 bits per heavy atom. The molecule has 2 heterocycles. The number of hydrogen-bond donors (Lipinski definition) is 0. The minimum Gasteiger partial charge on any atom is -0.487 e. The molecule has 0 aliphatic carbocycles. The monoisotopic (exact) mass is 596 g/mol. The van der Waals surface area contributed by atoms with Crippen molar-refractivity contribution in [1.29, 1.82) is 0 Å². The zero-order chi connectivity index (χ0) is 31.1. The van der Waals surface area contributed by atoms with Crippen molar-refractivity contribution in [3.8, 4) is 11.4 Å². The van der Waals surface area contributed by atoms with E-state index in [-0.39, 0.29) is 30.5 Å². The molecule has 2 atom stereocenters. The van der Waals surface area contributed by atoms with Crippen molar-refractivity contribution in [2.75, 3.05) is 6.61 Å². The second-order valence-electron chi connectivity index (χ2n) is 11.2. The van der Waals surface area contributed by atoms with E-state index in [2.05, 4.69) is 15.2 Å². The Hall–Kier alpha value is -4.10. The maximum atomic E-state index is 15.5. The summed E-state index contributed by atoms with van der Waals surface area (Å²) in [6.07, 6.45) is 4.02. The summed E-state index contributed by atoms with van der Waals surface area (Å²) >= 11 is 0. The highest BCUT2D eigenvalue weighted by Gasteiger charge is 2.53. The van der Waals surface area contributed by atoms with Crippen LogP contribution in [0.4, 0.5) is 26.3 Å². The number of aromatic nitrogens is 6. The molecule has 8 nitrogen and oxygen atoms in total. The van der Waals surface area contributed by atoms with Crippen molar-refractivity contribution in [2.24, 2.45) is 5.41 Å². The van der Waals surface area contributed by atoms with E-state index in [0.29, 0.717) is 0 Å². The highest BCUT2D eigenvalue weighted by Crippen LogP contribution is 2.51. The molecule has 4 aromatic rings. The van der Waals surface area contributed by atoms with Crippen LogP contribution in [-0.4, -0.2) is 47.6 Å². The predicted molar refractivity (Wildman–Crippen MR) is 141 cm³/mol. The minimum atomic E-state index is -4.38. The molecule has 2 aromatic carbocycles. The molecule has 0 amide bonds. The third kappa shape index (κ3) is 5.66. The predicted octanol–water partition coefficient (Wildman–Crippen LogP) is 5.82. The third-order valence-corrected chi connectivity index (χ3v) is 7.58. The number of ether oxygens (including phenoxy) is 1. The molecule has 14 heteroatoms. The summed E-state index contributed by atoms with van der Waals surface area (Å²) in [5.41, 5.74) is -2.15. The van der Waals surface area contributed by atoms with Gasteiger partial charge in [0.2, 0.25) is 0 Å². The van der Waals surface area contributed by atoms with E-state index in [1.165, 1.54) is 63.2 Å². The third-order valence-electron chi connectivity index (χ3n) is 7.58. The number of hydrogen-bond acceptors (Lipinski definition) is 5. The summed E-state index contributed by atoms with van der Waals surface area (Å²) in [6.45, 7) is 5.92. The molecule has 0 radical (unpaired) electrons. The van der Waals surface area contributed by atoms with Gasteiger partial charge in [0.05, 0.1) is 18.3 Å². The second-order valence-corrected chi connectivity index (χ2v) is 11.2. The molecule has 0 bridgehead atoms. The van der Waals surface area contributed by atoms with Gasteiger partial charge in [0, 0.05) is 18.4 Å². The summed E-state index contributed by atoms with van der Waals surface area (Å²) < 4.78 is 91.5. The fraction of sp³-hybridized carbons (Fsp3) is 0.429. The largest absolute Gasteiger partial charge is 0.487 e. The number of benzene rings is 2. The first kappa shape index (κ1) is 30.8. The highest BCUT2D eigenvalue weighted by molar-refractivity contribution is 5.37. The van der Waals surface area contributed by atoms with Crippen LogP contribution in [0, 0.1) is 17.0 Å². The number of rotatable bonds is 10. The van der Waals surface area contributed by atoms with Gasteiger partial charge in [-0.3, -0.25) is 4.68 Å². The van der Waals surface area contributed by atoms with Crippen LogP contribution in [0.5, 0.6) is 5.75 Å². The maximum Gasteiger partial charge on any atom is 0.350 e. The molecule has 42 heavy (non-hydrogen) atoms. The summed E-state index contributed by atoms with van der Waals surface area (Å²) in [6, 6.07) is 7.72. The Balaban J connectivity index is 1.73. The van der Waals surface area contributed by atoms with Crippen LogP contribution >= 0.6 is 0 Å². The van der Waals surface area contributed by atoms with E-state index < -0.39 is 52.6 Å². The van der Waals surface area contributed by atoms with Crippen LogP contribution < -0.4 is 10.4 Å². The highest BCUT2D eigenvalue weighted by atomic mass is 19.3. The van der Waals surface area contributed by atoms with E-state index >= 15 is 4.39 Å². The van der Waals surface area contributed by atoms with Crippen LogP contribution in [0.3, 0.4) is 0 Å². The lowest BCUT2D eigenvalue weighted by atomic mass is 9.58. The van der Waals surface area contributed by atoms with Gasteiger partial charge in [0.1, 0.15) is 36.4 Å². The van der Waals surface area contributed by atoms with Gasteiger partial charge in [-0.05, 0) is 48.2 Å². The van der Waals surface area contributed by atoms with Crippen LogP contribution in [0.15, 0.2) is 66.2 Å². The molecule has 2 aromatic heterocycles. The van der Waals surface area contributed by atoms with Gasteiger partial charge in [-0.1, -0.05) is 26.8 Å². The minimum absolute atomic E-state index is 0.0625. The first-order chi connectivity index (χ1) is 19.5. The first-order valence-electron chi connectivity index (χ1n) is 12.9. The molecule has 0 N–H and O–H groups in total. The standard InChI is InChI=1S/C28H30F6N6O2/c1-18(27(25(2,3)4,13-38-16-35-15-36-38)22-11-6-19(29)12-23(22)30)40-24(41)39(17-37-40)20-7-9-21(10-8-20)42-14-28(33,34)26(5,31)32/h6-12,15-18H,13-14H2,1-5H3/t18-,27-/m1/s1. The number of alkyl halides is 4. The lowest BCUT2D eigenvalue weighted by Gasteiger charge is -2.49. The Morgan fingerprint density at radius 3 is 2.14 bits per heavy atom. The molecular formula is C28H30F6N6O2. The summed E-state index contributed by atoms with van der Waals surface area (Å²) in [7, 11) is 0. The average Bonchev–Trinajstić information content (AvgIpc) is 3.54. The Bertz CT molecular complexity index is 1570. The molecule has 0 aliphatic heterocycles. The quantitative estimate of drug-likeness (QED) is 0.216. The Morgan fingerprint density at radius 2 is 1.60 bits per heavy atom. The van der Waals surface area contributed by atoms with Crippen molar-refractivity contribution in [3.63, 3.8) is 0 Å². The summed E-state index contributed by atoms with van der Waals surface area (Å²) in [5.74, 6) is -10.3. The van der Waals surface area contributed by atoms with Gasteiger partial charge in [-0.15, -0.1) is 0 Å². The van der Waals surface area contributed by atoms with Gasteiger partial charge >= 0.3 is 17.5 Å². The van der Waals surface area contributed by atoms with E-state index in [9.17, 15) is 26.7 Å². The molecule has 226 valence electrons. The zero-order valence-corrected chi connectivity index (χ0v) is 23.5. The van der Waals surface area contributed by atoms with Crippen molar-refractivity contribution in [3.05, 3.63) is 89.1 Å². The SMILES string of the molecule is C[C@@H](n1ncn(-c2ccc(OCC(F)(F)C(C)(F)F)cc2)c1=O)[C@](Cn1cncn1)(c1ccc(F)cc1F)C(C)(C)C. The zero-order valence-electron chi connectivity index (χ0n) is 23.5. The lowest BCUT2D eigenvalue weighted by Crippen LogP contribution is -2.52. The van der Waals surface area contributed by atoms with Gasteiger partial charge in [0.15, 0.2) is 6.61 Å². The average molecular weight is 597 g/mol. The van der Waals surface area contributed by atoms with Gasteiger partial charge in [-0.2, -0.15) is 19.0 Å². The Labute approximate surface area is 237 Å². The van der Waals surface area contributed by atoms with E-state index in [1.807, 2.05) is 20.8 Å². The summed E-state index contributed by atoms with van der Waals surface area (Å²) in [4.78, 5) is 17.6. The van der Waals surface area contributed by atoms with Crippen molar-refractivity contribution in [2.45, 2.75) is 64.5 Å². The molecular weight excluding hydrogens is 566 g/mol. The van der Waals surface area contributed by atoms with Crippen LogP contribution in [-0.2, 0) is 12.0 Å². The van der Waals surface area contributed by atoms with Crippen molar-refractivity contribution in [1.82, 2.24) is 29.1 Å². The van der Waals surface area contributed by atoms with Crippen LogP contribution in [0.1, 0.15) is 46.2 Å². The second kappa shape index (κ2) is 11.0. The van der Waals surface area contributed by atoms with Crippen LogP contribution in [0.2, 0.25) is 0 Å². The maximum absolute atomic E-state index is 15.5. The van der Waals surface area contributed by atoms with Crippen molar-refractivity contribution < 1.29 is 31.1 Å². The van der Waals surface area contributed by atoms with Crippen molar-refractivity contribution >= 4 is 0 Å². The van der Waals surface area contributed by atoms with E-state index in [4.69, 9.17) is 4.74 Å². The molecule has 0 aliphatic rings. The molecule has 0 unspecified atom stereocenters. The van der Waals surface area contributed by atoms with E-state index in [0.717, 1.165) is 12.1 Å². The molecule has 4 rings (SSSR count). The van der Waals surface area contributed by atoms with Gasteiger partial charge in [-0.25, -0.2) is 36.6 Å². The molecule has 0 fully saturated rings. The number of halogens is 6. The topological polar surface area (TPSA) is 79.8 Å². The first-order valence-corrected chi connectivity index (χ1v) is 12.9. The fourth-order valence-corrected chi connectivity index (χ4v) is 5.10. The smallest absolute Gasteiger partial charge is 0.350 e. The van der Waals surface area contributed by atoms with E-state index in [1.54, 1.807) is 6.92 Å². The molecule has 0 spiro atoms.